The molecule has 0 fully saturated rings. The van der Waals surface area contributed by atoms with Gasteiger partial charge in [-0.25, -0.2) is 12.8 Å². The molecule has 1 rings (SSSR count). The number of carbonyl (C=O) groups excluding carboxylic acids is 1. The lowest BCUT2D eigenvalue weighted by Crippen LogP contribution is -2.29. The summed E-state index contributed by atoms with van der Waals surface area (Å²) in [6.45, 7) is 0.263. The molecule has 1 aromatic rings. The fraction of sp³-hybridized carbons (Fsp3) is 0.417. The predicted octanol–water partition coefficient (Wildman–Crippen LogP) is 1.99. The van der Waals surface area contributed by atoms with Crippen molar-refractivity contribution in [1.82, 2.24) is 4.90 Å². The van der Waals surface area contributed by atoms with Crippen LogP contribution in [0.2, 0.25) is 5.02 Å². The minimum Gasteiger partial charge on any atom is -0.342 e. The molecule has 0 radical (unpaired) electrons. The average molecular weight is 308 g/mol. The van der Waals surface area contributed by atoms with Gasteiger partial charge in [-0.05, 0) is 18.6 Å². The van der Waals surface area contributed by atoms with Gasteiger partial charge in [-0.3, -0.25) is 4.79 Å². The average Bonchev–Trinajstić information content (AvgIpc) is 2.30. The summed E-state index contributed by atoms with van der Waals surface area (Å²) in [5, 5.41) is -0.220. The highest BCUT2D eigenvalue weighted by molar-refractivity contribution is 7.90. The van der Waals surface area contributed by atoms with Crippen LogP contribution in [-0.4, -0.2) is 44.8 Å². The quantitative estimate of drug-likeness (QED) is 0.836. The van der Waals surface area contributed by atoms with Crippen LogP contribution in [0.3, 0.4) is 0 Å². The SMILES string of the molecule is CN(CCCS(C)(=O)=O)C(=O)c1cccc(F)c1Cl. The van der Waals surface area contributed by atoms with Gasteiger partial charge in [0.25, 0.3) is 5.91 Å². The van der Waals surface area contributed by atoms with E-state index in [4.69, 9.17) is 11.6 Å². The largest absolute Gasteiger partial charge is 0.342 e. The molecule has 1 aromatic carbocycles. The van der Waals surface area contributed by atoms with Crippen LogP contribution in [0.4, 0.5) is 4.39 Å². The van der Waals surface area contributed by atoms with Gasteiger partial charge in [0.15, 0.2) is 0 Å². The van der Waals surface area contributed by atoms with Crippen LogP contribution in [0.1, 0.15) is 16.8 Å². The Kier molecular flexibility index (Phi) is 5.31. The molecule has 7 heteroatoms. The first-order chi connectivity index (χ1) is 8.72. The van der Waals surface area contributed by atoms with Crippen LogP contribution in [-0.2, 0) is 9.84 Å². The van der Waals surface area contributed by atoms with E-state index in [1.807, 2.05) is 0 Å². The fourth-order valence-electron chi connectivity index (χ4n) is 1.54. The Bertz CT molecular complexity index is 574. The van der Waals surface area contributed by atoms with Crippen LogP contribution >= 0.6 is 11.6 Å². The first-order valence-corrected chi connectivity index (χ1v) is 8.03. The topological polar surface area (TPSA) is 54.5 Å². The van der Waals surface area contributed by atoms with E-state index in [0.29, 0.717) is 6.42 Å². The maximum Gasteiger partial charge on any atom is 0.255 e. The van der Waals surface area contributed by atoms with E-state index in [9.17, 15) is 17.6 Å². The first-order valence-electron chi connectivity index (χ1n) is 5.59. The van der Waals surface area contributed by atoms with Crippen molar-refractivity contribution < 1.29 is 17.6 Å². The number of hydrogen-bond acceptors (Lipinski definition) is 3. The van der Waals surface area contributed by atoms with Crippen LogP contribution in [0, 0.1) is 5.82 Å². The van der Waals surface area contributed by atoms with Gasteiger partial charge >= 0.3 is 0 Å². The summed E-state index contributed by atoms with van der Waals surface area (Å²) in [6.07, 6.45) is 1.46. The molecule has 0 heterocycles. The molecule has 0 aliphatic rings. The van der Waals surface area contributed by atoms with Crippen molar-refractivity contribution in [3.63, 3.8) is 0 Å². The molecule has 0 saturated carbocycles. The lowest BCUT2D eigenvalue weighted by Gasteiger charge is -2.17. The van der Waals surface area contributed by atoms with Crippen molar-refractivity contribution in [3.8, 4) is 0 Å². The van der Waals surface area contributed by atoms with Crippen LogP contribution in [0.15, 0.2) is 18.2 Å². The summed E-state index contributed by atoms with van der Waals surface area (Å²) in [6, 6.07) is 4.00. The van der Waals surface area contributed by atoms with E-state index in [1.165, 1.54) is 30.1 Å². The van der Waals surface area contributed by atoms with E-state index in [-0.39, 0.29) is 22.9 Å². The van der Waals surface area contributed by atoms with Crippen LogP contribution in [0.25, 0.3) is 0 Å². The van der Waals surface area contributed by atoms with Gasteiger partial charge in [-0.2, -0.15) is 0 Å². The summed E-state index contributed by atoms with van der Waals surface area (Å²) in [7, 11) is -1.53. The summed E-state index contributed by atoms with van der Waals surface area (Å²) < 4.78 is 35.2. The smallest absolute Gasteiger partial charge is 0.255 e. The number of halogens is 2. The van der Waals surface area contributed by atoms with E-state index in [1.54, 1.807) is 0 Å². The molecular formula is C12H15ClFNO3S. The minimum atomic E-state index is -3.05. The number of rotatable bonds is 5. The number of sulfone groups is 1. The molecular weight excluding hydrogens is 293 g/mol. The Morgan fingerprint density at radius 3 is 2.63 bits per heavy atom. The molecule has 0 aliphatic carbocycles. The summed E-state index contributed by atoms with van der Waals surface area (Å²) in [5.41, 5.74) is 0.0727. The zero-order chi connectivity index (χ0) is 14.6. The highest BCUT2D eigenvalue weighted by atomic mass is 35.5. The van der Waals surface area contributed by atoms with Crippen LogP contribution < -0.4 is 0 Å². The molecule has 0 aromatic heterocycles. The Morgan fingerprint density at radius 1 is 1.42 bits per heavy atom. The lowest BCUT2D eigenvalue weighted by molar-refractivity contribution is 0.0795. The normalized spacial score (nSPS) is 11.4. The molecule has 19 heavy (non-hydrogen) atoms. The van der Waals surface area contributed by atoms with E-state index in [2.05, 4.69) is 0 Å². The highest BCUT2D eigenvalue weighted by Gasteiger charge is 2.17. The monoisotopic (exact) mass is 307 g/mol. The second kappa shape index (κ2) is 6.34. The Labute approximate surface area is 117 Å². The first kappa shape index (κ1) is 15.9. The third-order valence-corrected chi connectivity index (χ3v) is 3.95. The Morgan fingerprint density at radius 2 is 2.05 bits per heavy atom. The second-order valence-corrected chi connectivity index (χ2v) is 6.95. The van der Waals surface area contributed by atoms with E-state index < -0.39 is 21.6 Å². The molecule has 0 aliphatic heterocycles. The number of amides is 1. The fourth-order valence-corrected chi connectivity index (χ4v) is 2.40. The molecule has 106 valence electrons. The van der Waals surface area contributed by atoms with Gasteiger partial charge in [0, 0.05) is 19.8 Å². The number of hydrogen-bond donors (Lipinski definition) is 0. The zero-order valence-electron chi connectivity index (χ0n) is 10.7. The van der Waals surface area contributed by atoms with E-state index in [0.717, 1.165) is 6.26 Å². The van der Waals surface area contributed by atoms with E-state index >= 15 is 0 Å². The van der Waals surface area contributed by atoms with Crippen molar-refractivity contribution in [1.29, 1.82) is 0 Å². The summed E-state index contributed by atoms with van der Waals surface area (Å²) >= 11 is 5.72. The second-order valence-electron chi connectivity index (χ2n) is 4.31. The maximum atomic E-state index is 13.2. The van der Waals surface area contributed by atoms with Crippen molar-refractivity contribution in [2.75, 3.05) is 25.6 Å². The molecule has 4 nitrogen and oxygen atoms in total. The minimum absolute atomic E-state index is 0.00149. The molecule has 0 spiro atoms. The molecule has 0 atom stereocenters. The van der Waals surface area contributed by atoms with Crippen molar-refractivity contribution in [2.24, 2.45) is 0 Å². The van der Waals surface area contributed by atoms with Gasteiger partial charge in [-0.15, -0.1) is 0 Å². The van der Waals surface area contributed by atoms with Crippen LogP contribution in [0.5, 0.6) is 0 Å². The van der Waals surface area contributed by atoms with Gasteiger partial charge in [0.1, 0.15) is 15.7 Å². The van der Waals surface area contributed by atoms with Crippen molar-refractivity contribution in [3.05, 3.63) is 34.6 Å². The number of nitrogens with zero attached hydrogens (tertiary/aromatic N) is 1. The summed E-state index contributed by atoms with van der Waals surface area (Å²) in [5.74, 6) is -1.09. The maximum absolute atomic E-state index is 13.2. The van der Waals surface area contributed by atoms with Crippen molar-refractivity contribution >= 4 is 27.3 Å². The third-order valence-electron chi connectivity index (χ3n) is 2.54. The zero-order valence-corrected chi connectivity index (χ0v) is 12.3. The molecule has 0 saturated heterocycles. The number of benzene rings is 1. The van der Waals surface area contributed by atoms with Gasteiger partial charge in [0.05, 0.1) is 16.3 Å². The standard InChI is InChI=1S/C12H15ClFNO3S/c1-15(7-4-8-19(2,17)18)12(16)9-5-3-6-10(14)11(9)13/h3,5-6H,4,7-8H2,1-2H3. The summed E-state index contributed by atoms with van der Waals surface area (Å²) in [4.78, 5) is 13.3. The number of carbonyl (C=O) groups is 1. The molecule has 0 bridgehead atoms. The molecule has 1 amide bonds. The van der Waals surface area contributed by atoms with Gasteiger partial charge in [0.2, 0.25) is 0 Å². The lowest BCUT2D eigenvalue weighted by atomic mass is 10.2. The highest BCUT2D eigenvalue weighted by Crippen LogP contribution is 2.20. The predicted molar refractivity (Wildman–Crippen MR) is 72.7 cm³/mol. The molecule has 0 unspecified atom stereocenters. The van der Waals surface area contributed by atoms with Gasteiger partial charge < -0.3 is 4.90 Å². The van der Waals surface area contributed by atoms with Crippen molar-refractivity contribution in [2.45, 2.75) is 6.42 Å². The Balaban J connectivity index is 2.70. The Hall–Kier alpha value is -1.14. The third kappa shape index (κ3) is 4.80. The van der Waals surface area contributed by atoms with Gasteiger partial charge in [-0.1, -0.05) is 17.7 Å². The molecule has 0 N–H and O–H groups in total.